The van der Waals surface area contributed by atoms with Crippen LogP contribution in [0.25, 0.3) is 11.3 Å². The number of likely N-dealkylation sites (N-methyl/N-ethyl adjacent to an activating group) is 1. The smallest absolute Gasteiger partial charge is 0.257 e. The summed E-state index contributed by atoms with van der Waals surface area (Å²) in [7, 11) is 3.22. The van der Waals surface area contributed by atoms with Crippen LogP contribution in [0, 0.1) is 0 Å². The Balaban J connectivity index is 1.93. The van der Waals surface area contributed by atoms with Gasteiger partial charge < -0.3 is 15.0 Å². The van der Waals surface area contributed by atoms with Crippen molar-refractivity contribution in [3.63, 3.8) is 0 Å². The summed E-state index contributed by atoms with van der Waals surface area (Å²) in [6, 6.07) is 17.4. The Morgan fingerprint density at radius 1 is 1.09 bits per heavy atom. The van der Waals surface area contributed by atoms with Crippen molar-refractivity contribution in [2.75, 3.05) is 20.7 Å². The van der Waals surface area contributed by atoms with E-state index in [4.69, 9.17) is 9.84 Å². The van der Waals surface area contributed by atoms with Crippen molar-refractivity contribution in [1.29, 1.82) is 0 Å². The van der Waals surface area contributed by atoms with Gasteiger partial charge in [-0.05, 0) is 38.5 Å². The third-order valence-electron chi connectivity index (χ3n) is 4.76. The zero-order valence-corrected chi connectivity index (χ0v) is 19.3. The highest BCUT2D eigenvalue weighted by Gasteiger charge is 2.24. The fourth-order valence-corrected chi connectivity index (χ4v) is 3.36. The van der Waals surface area contributed by atoms with Crippen LogP contribution in [-0.2, 0) is 11.3 Å². The molecule has 1 aromatic heterocycles. The van der Waals surface area contributed by atoms with Crippen molar-refractivity contribution in [1.82, 2.24) is 20.0 Å². The van der Waals surface area contributed by atoms with Gasteiger partial charge in [0.05, 0.1) is 25.8 Å². The zero-order chi connectivity index (χ0) is 23.3. The van der Waals surface area contributed by atoms with Gasteiger partial charge in [-0.2, -0.15) is 5.10 Å². The van der Waals surface area contributed by atoms with Crippen molar-refractivity contribution in [2.24, 2.45) is 0 Å². The molecule has 32 heavy (non-hydrogen) atoms. The summed E-state index contributed by atoms with van der Waals surface area (Å²) in [6.07, 6.45) is 1.74. The maximum Gasteiger partial charge on any atom is 0.257 e. The van der Waals surface area contributed by atoms with Gasteiger partial charge in [0, 0.05) is 24.3 Å². The minimum atomic E-state index is -0.368. The van der Waals surface area contributed by atoms with Crippen LogP contribution >= 0.6 is 0 Å². The van der Waals surface area contributed by atoms with Crippen LogP contribution in [0.2, 0.25) is 0 Å². The Hall–Kier alpha value is -3.61. The molecule has 7 nitrogen and oxygen atoms in total. The van der Waals surface area contributed by atoms with Crippen LogP contribution in [0.15, 0.2) is 60.8 Å². The molecule has 0 radical (unpaired) electrons. The molecule has 0 spiro atoms. The van der Waals surface area contributed by atoms with E-state index in [0.29, 0.717) is 23.6 Å². The molecule has 1 N–H and O–H groups in total. The molecule has 1 heterocycles. The van der Waals surface area contributed by atoms with Gasteiger partial charge in [0.25, 0.3) is 5.91 Å². The third-order valence-corrected chi connectivity index (χ3v) is 4.76. The number of benzene rings is 2. The summed E-state index contributed by atoms with van der Waals surface area (Å²) in [5.41, 5.74) is 2.46. The first kappa shape index (κ1) is 23.1. The molecule has 0 aliphatic rings. The van der Waals surface area contributed by atoms with E-state index in [1.54, 1.807) is 25.0 Å². The summed E-state index contributed by atoms with van der Waals surface area (Å²) >= 11 is 0. The Kier molecular flexibility index (Phi) is 6.98. The molecule has 0 aliphatic heterocycles. The predicted octanol–water partition coefficient (Wildman–Crippen LogP) is 3.59. The lowest BCUT2D eigenvalue weighted by Gasteiger charge is -2.23. The summed E-state index contributed by atoms with van der Waals surface area (Å²) in [4.78, 5) is 27.1. The number of aromatic nitrogens is 2. The Morgan fingerprint density at radius 2 is 1.81 bits per heavy atom. The highest BCUT2D eigenvalue weighted by atomic mass is 16.5. The van der Waals surface area contributed by atoms with Crippen LogP contribution in [0.5, 0.6) is 5.75 Å². The molecule has 0 aliphatic carbocycles. The van der Waals surface area contributed by atoms with Gasteiger partial charge in [-0.25, -0.2) is 0 Å². The van der Waals surface area contributed by atoms with Crippen LogP contribution in [0.4, 0.5) is 0 Å². The fraction of sp³-hybridized carbons (Fsp3) is 0.320. The Morgan fingerprint density at radius 3 is 2.47 bits per heavy atom. The fourth-order valence-electron chi connectivity index (χ4n) is 3.36. The first-order valence-corrected chi connectivity index (χ1v) is 10.5. The summed E-state index contributed by atoms with van der Waals surface area (Å²) in [5.74, 6) is 0.190. The quantitative estimate of drug-likeness (QED) is 0.617. The van der Waals surface area contributed by atoms with Gasteiger partial charge >= 0.3 is 0 Å². The molecule has 0 unspecified atom stereocenters. The second kappa shape index (κ2) is 9.68. The number of hydrogen-bond donors (Lipinski definition) is 1. The maximum absolute atomic E-state index is 13.3. The second-order valence-corrected chi connectivity index (χ2v) is 8.77. The van der Waals surface area contributed by atoms with Crippen molar-refractivity contribution in [3.05, 3.63) is 71.9 Å². The highest BCUT2D eigenvalue weighted by Crippen LogP contribution is 2.27. The third kappa shape index (κ3) is 5.97. The van der Waals surface area contributed by atoms with Gasteiger partial charge in [-0.1, -0.05) is 42.5 Å². The van der Waals surface area contributed by atoms with E-state index in [1.807, 2.05) is 75.4 Å². The van der Waals surface area contributed by atoms with E-state index in [1.165, 1.54) is 4.90 Å². The standard InChI is InChI=1S/C25H30N4O3/c1-25(2,3)26-22(30)17-28(4)24(31)21-16-29(15-18-10-7-6-8-11-18)27-23(21)19-12-9-13-20(14-19)32-5/h6-14,16H,15,17H2,1-5H3,(H,26,30). The van der Waals surface area contributed by atoms with Gasteiger partial charge in [-0.3, -0.25) is 14.3 Å². The van der Waals surface area contributed by atoms with E-state index >= 15 is 0 Å². The maximum atomic E-state index is 13.3. The van der Waals surface area contributed by atoms with Gasteiger partial charge in [0.2, 0.25) is 5.91 Å². The number of amides is 2. The van der Waals surface area contributed by atoms with Crippen LogP contribution < -0.4 is 10.1 Å². The van der Waals surface area contributed by atoms with E-state index in [9.17, 15) is 9.59 Å². The number of nitrogens with one attached hydrogen (secondary N) is 1. The van der Waals surface area contributed by atoms with E-state index in [2.05, 4.69) is 5.32 Å². The number of hydrogen-bond acceptors (Lipinski definition) is 4. The number of carbonyl (C=O) groups excluding carboxylic acids is 2. The molecule has 2 aromatic carbocycles. The first-order chi connectivity index (χ1) is 15.2. The number of nitrogens with zero attached hydrogens (tertiary/aromatic N) is 3. The van der Waals surface area contributed by atoms with Gasteiger partial charge in [0.1, 0.15) is 11.4 Å². The van der Waals surface area contributed by atoms with Crippen LogP contribution in [0.1, 0.15) is 36.7 Å². The molecule has 168 valence electrons. The summed E-state index contributed by atoms with van der Waals surface area (Å²) < 4.78 is 7.09. The zero-order valence-electron chi connectivity index (χ0n) is 19.3. The van der Waals surface area contributed by atoms with E-state index in [-0.39, 0.29) is 23.9 Å². The SMILES string of the molecule is COc1cccc(-c2nn(Cc3ccccc3)cc2C(=O)N(C)CC(=O)NC(C)(C)C)c1. The van der Waals surface area contributed by atoms with Crippen LogP contribution in [-0.4, -0.2) is 52.7 Å². The lowest BCUT2D eigenvalue weighted by molar-refractivity contribution is -0.122. The second-order valence-electron chi connectivity index (χ2n) is 8.77. The van der Waals surface area contributed by atoms with E-state index < -0.39 is 0 Å². The molecule has 0 atom stereocenters. The first-order valence-electron chi connectivity index (χ1n) is 10.5. The Bertz CT molecular complexity index is 1080. The van der Waals surface area contributed by atoms with E-state index in [0.717, 1.165) is 11.1 Å². The van der Waals surface area contributed by atoms with Crippen molar-refractivity contribution >= 4 is 11.8 Å². The molecule has 3 rings (SSSR count). The molecular weight excluding hydrogens is 404 g/mol. The number of ether oxygens (including phenoxy) is 1. The lowest BCUT2D eigenvalue weighted by Crippen LogP contribution is -2.46. The minimum absolute atomic E-state index is 0.0441. The molecule has 0 saturated heterocycles. The largest absolute Gasteiger partial charge is 0.497 e. The Labute approximate surface area is 189 Å². The number of methoxy groups -OCH3 is 1. The number of carbonyl (C=O) groups is 2. The summed E-state index contributed by atoms with van der Waals surface area (Å²) in [5, 5.41) is 7.59. The lowest BCUT2D eigenvalue weighted by atomic mass is 10.1. The average molecular weight is 435 g/mol. The van der Waals surface area contributed by atoms with Gasteiger partial charge in [-0.15, -0.1) is 0 Å². The monoisotopic (exact) mass is 434 g/mol. The molecule has 0 fully saturated rings. The predicted molar refractivity (Wildman–Crippen MR) is 125 cm³/mol. The highest BCUT2D eigenvalue weighted by molar-refractivity contribution is 6.01. The molecular formula is C25H30N4O3. The van der Waals surface area contributed by atoms with Crippen LogP contribution in [0.3, 0.4) is 0 Å². The van der Waals surface area contributed by atoms with Crippen molar-refractivity contribution in [3.8, 4) is 17.0 Å². The molecule has 0 saturated carbocycles. The minimum Gasteiger partial charge on any atom is -0.497 e. The summed E-state index contributed by atoms with van der Waals surface area (Å²) in [6.45, 7) is 6.19. The molecule has 2 amide bonds. The average Bonchev–Trinajstić information content (AvgIpc) is 3.16. The normalized spacial score (nSPS) is 11.2. The van der Waals surface area contributed by atoms with Crippen molar-refractivity contribution < 1.29 is 14.3 Å². The number of rotatable bonds is 7. The molecule has 7 heteroatoms. The molecule has 3 aromatic rings. The van der Waals surface area contributed by atoms with Crippen molar-refractivity contribution in [2.45, 2.75) is 32.9 Å². The molecule has 0 bridgehead atoms. The topological polar surface area (TPSA) is 76.5 Å². The van der Waals surface area contributed by atoms with Gasteiger partial charge in [0.15, 0.2) is 0 Å².